The predicted octanol–water partition coefficient (Wildman–Crippen LogP) is 0.658. The van der Waals surface area contributed by atoms with Gasteiger partial charge in [0.2, 0.25) is 11.9 Å². The highest BCUT2D eigenvalue weighted by Gasteiger charge is 2.06. The van der Waals surface area contributed by atoms with E-state index in [2.05, 4.69) is 30.7 Å². The molecule has 0 amide bonds. The SMILES string of the molecule is CCOc1nc(NC)nc(NCc2ccnn2C)n1. The van der Waals surface area contributed by atoms with Gasteiger partial charge in [0, 0.05) is 20.3 Å². The summed E-state index contributed by atoms with van der Waals surface area (Å²) in [5, 5.41) is 10.1. The van der Waals surface area contributed by atoms with E-state index in [0.717, 1.165) is 5.69 Å². The minimum Gasteiger partial charge on any atom is -0.464 e. The summed E-state index contributed by atoms with van der Waals surface area (Å²) in [5.74, 6) is 0.926. The summed E-state index contributed by atoms with van der Waals surface area (Å²) in [6.45, 7) is 2.97. The van der Waals surface area contributed by atoms with Crippen molar-refractivity contribution < 1.29 is 4.74 Å². The third-order valence-corrected chi connectivity index (χ3v) is 2.46. The van der Waals surface area contributed by atoms with Gasteiger partial charge in [-0.1, -0.05) is 0 Å². The van der Waals surface area contributed by atoms with Crippen molar-refractivity contribution in [1.82, 2.24) is 24.7 Å². The molecule has 0 atom stereocenters. The summed E-state index contributed by atoms with van der Waals surface area (Å²) in [6, 6.07) is 2.23. The van der Waals surface area contributed by atoms with Crippen LogP contribution in [-0.2, 0) is 13.6 Å². The molecule has 0 radical (unpaired) electrons. The van der Waals surface area contributed by atoms with Crippen LogP contribution in [0.5, 0.6) is 6.01 Å². The van der Waals surface area contributed by atoms with Crippen LogP contribution in [0, 0.1) is 0 Å². The number of aromatic nitrogens is 5. The maximum Gasteiger partial charge on any atom is 0.323 e. The molecule has 2 heterocycles. The maximum atomic E-state index is 5.29. The number of nitrogens with one attached hydrogen (secondary N) is 2. The maximum absolute atomic E-state index is 5.29. The lowest BCUT2D eigenvalue weighted by molar-refractivity contribution is 0.312. The Morgan fingerprint density at radius 1 is 1.26 bits per heavy atom. The Bertz CT molecular complexity index is 540. The van der Waals surface area contributed by atoms with Crippen LogP contribution in [0.4, 0.5) is 11.9 Å². The van der Waals surface area contributed by atoms with E-state index in [0.29, 0.717) is 31.1 Å². The molecule has 0 saturated carbocycles. The predicted molar refractivity (Wildman–Crippen MR) is 71.1 cm³/mol. The molecule has 2 aromatic heterocycles. The van der Waals surface area contributed by atoms with Crippen LogP contribution in [0.1, 0.15) is 12.6 Å². The Morgan fingerprint density at radius 3 is 2.68 bits per heavy atom. The Balaban J connectivity index is 2.10. The molecule has 0 fully saturated rings. The molecule has 2 N–H and O–H groups in total. The van der Waals surface area contributed by atoms with Gasteiger partial charge in [-0.3, -0.25) is 4.68 Å². The fraction of sp³-hybridized carbons (Fsp3) is 0.455. The molecule has 0 bridgehead atoms. The van der Waals surface area contributed by atoms with Crippen molar-refractivity contribution in [1.29, 1.82) is 0 Å². The second-order valence-corrected chi connectivity index (χ2v) is 3.75. The van der Waals surface area contributed by atoms with Gasteiger partial charge >= 0.3 is 6.01 Å². The van der Waals surface area contributed by atoms with Gasteiger partial charge in [-0.2, -0.15) is 20.1 Å². The van der Waals surface area contributed by atoms with Crippen molar-refractivity contribution >= 4 is 11.9 Å². The number of rotatable bonds is 6. The first-order valence-electron chi connectivity index (χ1n) is 6.00. The fourth-order valence-corrected chi connectivity index (χ4v) is 1.49. The van der Waals surface area contributed by atoms with E-state index in [1.54, 1.807) is 17.9 Å². The van der Waals surface area contributed by atoms with Gasteiger partial charge in [0.05, 0.1) is 18.8 Å². The first kappa shape index (κ1) is 13.1. The number of aryl methyl sites for hydroxylation is 1. The molecular weight excluding hydrogens is 246 g/mol. The molecule has 19 heavy (non-hydrogen) atoms. The number of hydrogen-bond donors (Lipinski definition) is 2. The second-order valence-electron chi connectivity index (χ2n) is 3.75. The normalized spacial score (nSPS) is 10.3. The van der Waals surface area contributed by atoms with Crippen molar-refractivity contribution in [2.24, 2.45) is 7.05 Å². The molecule has 0 spiro atoms. The standard InChI is InChI=1S/C11H17N7O/c1-4-19-11-16-9(12-2)15-10(17-11)13-7-8-5-6-14-18(8)3/h5-6H,4,7H2,1-3H3,(H2,12,13,15,16,17). The van der Waals surface area contributed by atoms with E-state index in [1.165, 1.54) is 0 Å². The summed E-state index contributed by atoms with van der Waals surface area (Å²) < 4.78 is 7.08. The summed E-state index contributed by atoms with van der Waals surface area (Å²) in [5.41, 5.74) is 1.03. The van der Waals surface area contributed by atoms with E-state index in [9.17, 15) is 0 Å². The van der Waals surface area contributed by atoms with Crippen molar-refractivity contribution in [2.45, 2.75) is 13.5 Å². The van der Waals surface area contributed by atoms with Crippen molar-refractivity contribution in [3.05, 3.63) is 18.0 Å². The van der Waals surface area contributed by atoms with Gasteiger partial charge in [0.25, 0.3) is 0 Å². The lowest BCUT2D eigenvalue weighted by atomic mass is 10.4. The van der Waals surface area contributed by atoms with Gasteiger partial charge in [0.1, 0.15) is 0 Å². The zero-order valence-corrected chi connectivity index (χ0v) is 11.2. The molecule has 0 unspecified atom stereocenters. The summed E-state index contributed by atoms with van der Waals surface area (Å²) >= 11 is 0. The number of ether oxygens (including phenoxy) is 1. The lowest BCUT2D eigenvalue weighted by Gasteiger charge is -2.08. The Morgan fingerprint density at radius 2 is 2.05 bits per heavy atom. The average Bonchev–Trinajstić information content (AvgIpc) is 2.82. The molecule has 0 aromatic carbocycles. The van der Waals surface area contributed by atoms with Crippen LogP contribution in [-0.4, -0.2) is 38.4 Å². The number of nitrogens with zero attached hydrogens (tertiary/aromatic N) is 5. The molecule has 102 valence electrons. The van der Waals surface area contributed by atoms with Crippen molar-refractivity contribution in [2.75, 3.05) is 24.3 Å². The molecule has 8 nitrogen and oxygen atoms in total. The molecule has 2 aromatic rings. The van der Waals surface area contributed by atoms with Crippen LogP contribution in [0.3, 0.4) is 0 Å². The zero-order chi connectivity index (χ0) is 13.7. The highest BCUT2D eigenvalue weighted by Crippen LogP contribution is 2.11. The van der Waals surface area contributed by atoms with Crippen LogP contribution in [0.2, 0.25) is 0 Å². The monoisotopic (exact) mass is 263 g/mol. The van der Waals surface area contributed by atoms with Crippen LogP contribution in [0.25, 0.3) is 0 Å². The Labute approximate surface area is 111 Å². The number of anilines is 2. The van der Waals surface area contributed by atoms with Crippen molar-refractivity contribution in [3.8, 4) is 6.01 Å². The van der Waals surface area contributed by atoms with E-state index >= 15 is 0 Å². The molecule has 0 saturated heterocycles. The molecular formula is C11H17N7O. The third-order valence-electron chi connectivity index (χ3n) is 2.46. The third kappa shape index (κ3) is 3.30. The van der Waals surface area contributed by atoms with E-state index in [4.69, 9.17) is 4.74 Å². The quantitative estimate of drug-likeness (QED) is 0.791. The lowest BCUT2D eigenvalue weighted by Crippen LogP contribution is -2.11. The summed E-state index contributed by atoms with van der Waals surface area (Å²) in [4.78, 5) is 12.5. The minimum atomic E-state index is 0.300. The molecule has 0 aliphatic carbocycles. The Hall–Kier alpha value is -2.38. The molecule has 2 rings (SSSR count). The average molecular weight is 263 g/mol. The first-order chi connectivity index (χ1) is 9.22. The fourth-order valence-electron chi connectivity index (χ4n) is 1.49. The largest absolute Gasteiger partial charge is 0.464 e. The van der Waals surface area contributed by atoms with Crippen LogP contribution < -0.4 is 15.4 Å². The van der Waals surface area contributed by atoms with Gasteiger partial charge < -0.3 is 15.4 Å². The van der Waals surface area contributed by atoms with Crippen LogP contribution >= 0.6 is 0 Å². The van der Waals surface area contributed by atoms with Gasteiger partial charge in [-0.05, 0) is 13.0 Å². The van der Waals surface area contributed by atoms with Gasteiger partial charge in [0.15, 0.2) is 0 Å². The Kier molecular flexibility index (Phi) is 4.11. The van der Waals surface area contributed by atoms with Crippen LogP contribution in [0.15, 0.2) is 12.3 Å². The van der Waals surface area contributed by atoms with Crippen molar-refractivity contribution in [3.63, 3.8) is 0 Å². The second kappa shape index (κ2) is 5.98. The first-order valence-corrected chi connectivity index (χ1v) is 6.00. The number of hydrogen-bond acceptors (Lipinski definition) is 7. The van der Waals surface area contributed by atoms with E-state index < -0.39 is 0 Å². The minimum absolute atomic E-state index is 0.300. The summed E-state index contributed by atoms with van der Waals surface area (Å²) in [7, 11) is 3.63. The zero-order valence-electron chi connectivity index (χ0n) is 11.2. The molecule has 8 heteroatoms. The molecule has 0 aliphatic heterocycles. The van der Waals surface area contributed by atoms with E-state index in [1.807, 2.05) is 20.0 Å². The van der Waals surface area contributed by atoms with Gasteiger partial charge in [-0.15, -0.1) is 0 Å². The topological polar surface area (TPSA) is 89.8 Å². The highest BCUT2D eigenvalue weighted by atomic mass is 16.5. The summed E-state index contributed by atoms with van der Waals surface area (Å²) in [6.07, 6.45) is 1.75. The van der Waals surface area contributed by atoms with Gasteiger partial charge in [-0.25, -0.2) is 0 Å². The van der Waals surface area contributed by atoms with E-state index in [-0.39, 0.29) is 0 Å². The highest BCUT2D eigenvalue weighted by molar-refractivity contribution is 5.35. The molecule has 0 aliphatic rings. The smallest absolute Gasteiger partial charge is 0.323 e.